The number of aryl methyl sites for hydroxylation is 2. The molecule has 4 nitrogen and oxygen atoms in total. The second-order valence-corrected chi connectivity index (χ2v) is 8.79. The zero-order valence-corrected chi connectivity index (χ0v) is 18.2. The van der Waals surface area contributed by atoms with Crippen LogP contribution in [0.5, 0.6) is 0 Å². The van der Waals surface area contributed by atoms with E-state index in [0.29, 0.717) is 6.54 Å². The summed E-state index contributed by atoms with van der Waals surface area (Å²) in [5.41, 5.74) is 4.38. The Morgan fingerprint density at radius 3 is 2.46 bits per heavy atom. The highest BCUT2D eigenvalue weighted by molar-refractivity contribution is 8.19. The lowest BCUT2D eigenvalue weighted by Gasteiger charge is -2.19. The van der Waals surface area contributed by atoms with Gasteiger partial charge < -0.3 is 4.90 Å². The van der Waals surface area contributed by atoms with Gasteiger partial charge in [-0.15, -0.1) is 0 Å². The predicted octanol–water partition coefficient (Wildman–Crippen LogP) is 5.69. The third-order valence-electron chi connectivity index (χ3n) is 4.88. The van der Waals surface area contributed by atoms with Crippen molar-refractivity contribution < 1.29 is 4.79 Å². The summed E-state index contributed by atoms with van der Waals surface area (Å²) in [5.74, 6) is 0.0466. The summed E-state index contributed by atoms with van der Waals surface area (Å²) < 4.78 is 0. The molecule has 1 saturated heterocycles. The van der Waals surface area contributed by atoms with Crippen molar-refractivity contribution in [1.82, 2.24) is 4.90 Å². The summed E-state index contributed by atoms with van der Waals surface area (Å²) in [4.78, 5) is 24.1. The molecule has 0 radical (unpaired) electrons. The molecule has 0 aromatic heterocycles. The van der Waals surface area contributed by atoms with Gasteiger partial charge in [0.05, 0.1) is 11.4 Å². The zero-order chi connectivity index (χ0) is 19.8. The Hall–Kier alpha value is -2.18. The molecule has 2 aliphatic heterocycles. The molecule has 0 bridgehead atoms. The van der Waals surface area contributed by atoms with E-state index in [1.54, 1.807) is 16.7 Å². The SMILES string of the molecule is CCN1C(=O)C(=C2Sc3ccccc3N2CC)SC1=Nc1cc(C)ccc1C. The van der Waals surface area contributed by atoms with E-state index >= 15 is 0 Å². The average Bonchev–Trinajstić information content (AvgIpc) is 3.21. The first-order chi connectivity index (χ1) is 13.5. The molecule has 2 heterocycles. The molecule has 144 valence electrons. The Morgan fingerprint density at radius 1 is 0.964 bits per heavy atom. The Bertz CT molecular complexity index is 1010. The molecule has 2 aromatic carbocycles. The van der Waals surface area contributed by atoms with Crippen LogP contribution in [0.3, 0.4) is 0 Å². The van der Waals surface area contributed by atoms with Gasteiger partial charge in [0.15, 0.2) is 5.17 Å². The number of hydrogen-bond donors (Lipinski definition) is 0. The van der Waals surface area contributed by atoms with Crippen molar-refractivity contribution in [3.8, 4) is 0 Å². The number of rotatable bonds is 3. The van der Waals surface area contributed by atoms with Gasteiger partial charge in [-0.25, -0.2) is 4.99 Å². The number of benzene rings is 2. The van der Waals surface area contributed by atoms with E-state index < -0.39 is 0 Å². The molecule has 1 amide bonds. The summed E-state index contributed by atoms with van der Waals surface area (Å²) in [6.07, 6.45) is 0. The van der Waals surface area contributed by atoms with Crippen LogP contribution in [0.2, 0.25) is 0 Å². The van der Waals surface area contributed by atoms with Crippen molar-refractivity contribution in [1.29, 1.82) is 0 Å². The number of likely N-dealkylation sites (N-methyl/N-ethyl adjacent to an activating group) is 1. The van der Waals surface area contributed by atoms with Crippen LogP contribution < -0.4 is 4.90 Å². The van der Waals surface area contributed by atoms with E-state index in [1.165, 1.54) is 27.9 Å². The number of para-hydroxylation sites is 1. The van der Waals surface area contributed by atoms with Crippen molar-refractivity contribution in [2.75, 3.05) is 18.0 Å². The van der Waals surface area contributed by atoms with Crippen LogP contribution in [-0.4, -0.2) is 29.1 Å². The molecule has 4 rings (SSSR count). The molecule has 0 atom stereocenters. The molecule has 2 aliphatic rings. The minimum Gasteiger partial charge on any atom is -0.334 e. The number of nitrogens with zero attached hydrogens (tertiary/aromatic N) is 3. The van der Waals surface area contributed by atoms with Gasteiger partial charge in [-0.2, -0.15) is 0 Å². The molecule has 6 heteroatoms. The lowest BCUT2D eigenvalue weighted by atomic mass is 10.1. The number of amidine groups is 1. The molecule has 0 unspecified atom stereocenters. The van der Waals surface area contributed by atoms with Crippen LogP contribution >= 0.6 is 23.5 Å². The van der Waals surface area contributed by atoms with Crippen molar-refractivity contribution in [2.24, 2.45) is 4.99 Å². The predicted molar refractivity (Wildman–Crippen MR) is 120 cm³/mol. The Balaban J connectivity index is 1.77. The number of carbonyl (C=O) groups is 1. The smallest absolute Gasteiger partial charge is 0.269 e. The normalized spacial score (nSPS) is 20.4. The molecule has 0 aliphatic carbocycles. The van der Waals surface area contributed by atoms with Crippen molar-refractivity contribution in [2.45, 2.75) is 32.6 Å². The summed E-state index contributed by atoms with van der Waals surface area (Å²) in [5, 5.41) is 1.78. The summed E-state index contributed by atoms with van der Waals surface area (Å²) in [6.45, 7) is 9.67. The quantitative estimate of drug-likeness (QED) is 0.610. The largest absolute Gasteiger partial charge is 0.334 e. The number of fused-ring (bicyclic) bond motifs is 1. The van der Waals surface area contributed by atoms with Crippen LogP contribution in [0, 0.1) is 13.8 Å². The maximum absolute atomic E-state index is 13.2. The van der Waals surface area contributed by atoms with Crippen LogP contribution in [0.25, 0.3) is 0 Å². The first-order valence-corrected chi connectivity index (χ1v) is 11.1. The first-order valence-electron chi connectivity index (χ1n) is 9.47. The van der Waals surface area contributed by atoms with Crippen LogP contribution in [0.1, 0.15) is 25.0 Å². The van der Waals surface area contributed by atoms with Gasteiger partial charge in [-0.3, -0.25) is 9.69 Å². The fourth-order valence-electron chi connectivity index (χ4n) is 3.36. The number of anilines is 1. The van der Waals surface area contributed by atoms with E-state index in [4.69, 9.17) is 4.99 Å². The summed E-state index contributed by atoms with van der Waals surface area (Å²) in [7, 11) is 0. The molecular weight excluding hydrogens is 386 g/mol. The Morgan fingerprint density at radius 2 is 1.71 bits per heavy atom. The van der Waals surface area contributed by atoms with Crippen LogP contribution in [0.15, 0.2) is 62.3 Å². The summed E-state index contributed by atoms with van der Waals surface area (Å²) >= 11 is 3.17. The monoisotopic (exact) mass is 409 g/mol. The van der Waals surface area contributed by atoms with Gasteiger partial charge in [-0.05, 0) is 68.8 Å². The highest BCUT2D eigenvalue weighted by Gasteiger charge is 2.38. The minimum absolute atomic E-state index is 0.0466. The standard InChI is InChI=1S/C22H23N3OS2/c1-5-24-17-9-7-8-10-18(17)27-21(24)19-20(26)25(6-2)22(28-19)23-16-13-14(3)11-12-15(16)4/h7-13H,5-6H2,1-4H3. The Labute approximate surface area is 174 Å². The minimum atomic E-state index is 0.0466. The van der Waals surface area contributed by atoms with Gasteiger partial charge in [0.2, 0.25) is 0 Å². The number of thioether (sulfide) groups is 2. The third kappa shape index (κ3) is 3.25. The van der Waals surface area contributed by atoms with E-state index in [1.807, 2.05) is 19.1 Å². The van der Waals surface area contributed by atoms with Crippen LogP contribution in [-0.2, 0) is 4.79 Å². The molecular formula is C22H23N3OS2. The van der Waals surface area contributed by atoms with Crippen LogP contribution in [0.4, 0.5) is 11.4 Å². The van der Waals surface area contributed by atoms with Gasteiger partial charge in [-0.1, -0.05) is 36.0 Å². The van der Waals surface area contributed by atoms with Gasteiger partial charge in [0, 0.05) is 18.0 Å². The zero-order valence-electron chi connectivity index (χ0n) is 16.5. The molecule has 2 aromatic rings. The van der Waals surface area contributed by atoms with Crippen molar-refractivity contribution in [3.05, 3.63) is 63.5 Å². The topological polar surface area (TPSA) is 35.9 Å². The van der Waals surface area contributed by atoms with E-state index in [-0.39, 0.29) is 5.91 Å². The second-order valence-electron chi connectivity index (χ2n) is 6.78. The number of hydrogen-bond acceptors (Lipinski definition) is 5. The molecule has 1 fully saturated rings. The maximum Gasteiger partial charge on any atom is 0.269 e. The molecule has 28 heavy (non-hydrogen) atoms. The van der Waals surface area contributed by atoms with E-state index in [0.717, 1.165) is 32.9 Å². The van der Waals surface area contributed by atoms with Crippen molar-refractivity contribution >= 4 is 46.0 Å². The fourth-order valence-corrected chi connectivity index (χ4v) is 5.81. The van der Waals surface area contributed by atoms with Crippen molar-refractivity contribution in [3.63, 3.8) is 0 Å². The van der Waals surface area contributed by atoms with E-state index in [2.05, 4.69) is 56.0 Å². The van der Waals surface area contributed by atoms with Gasteiger partial charge in [0.1, 0.15) is 9.93 Å². The highest BCUT2D eigenvalue weighted by atomic mass is 32.2. The van der Waals surface area contributed by atoms with Gasteiger partial charge in [0.25, 0.3) is 5.91 Å². The average molecular weight is 410 g/mol. The van der Waals surface area contributed by atoms with Gasteiger partial charge >= 0.3 is 0 Å². The first kappa shape index (κ1) is 19.2. The lowest BCUT2D eigenvalue weighted by Crippen LogP contribution is -2.29. The fraction of sp³-hybridized carbons (Fsp3) is 0.273. The number of aliphatic imine (C=N–C) groups is 1. The summed E-state index contributed by atoms with van der Waals surface area (Å²) in [6, 6.07) is 14.6. The maximum atomic E-state index is 13.2. The second kappa shape index (κ2) is 7.68. The lowest BCUT2D eigenvalue weighted by molar-refractivity contribution is -0.122. The molecule has 0 saturated carbocycles. The van der Waals surface area contributed by atoms with E-state index in [9.17, 15) is 4.79 Å². The number of carbonyl (C=O) groups excluding carboxylic acids is 1. The Kier molecular flexibility index (Phi) is 5.25. The third-order valence-corrected chi connectivity index (χ3v) is 7.26. The molecule has 0 spiro atoms. The highest BCUT2D eigenvalue weighted by Crippen LogP contribution is 2.50. The molecule has 0 N–H and O–H groups in total. The number of amides is 1.